The van der Waals surface area contributed by atoms with Crippen molar-refractivity contribution in [3.63, 3.8) is 0 Å². The second-order valence-corrected chi connectivity index (χ2v) is 7.47. The Bertz CT molecular complexity index is 834. The summed E-state index contributed by atoms with van der Waals surface area (Å²) in [7, 11) is 0. The SMILES string of the molecule is CCCNC(=O)[C@H](C)N(Cc1ccccc1)C(=O)COc1cc(C)cc(C)c1C. The predicted octanol–water partition coefficient (Wildman–Crippen LogP) is 3.93. The number of hydrogen-bond donors (Lipinski definition) is 1. The summed E-state index contributed by atoms with van der Waals surface area (Å²) in [6.07, 6.45) is 0.847. The molecule has 0 unspecified atom stereocenters. The molecule has 0 heterocycles. The number of carbonyl (C=O) groups is 2. The van der Waals surface area contributed by atoms with Crippen LogP contribution in [0.15, 0.2) is 42.5 Å². The number of rotatable bonds is 9. The molecule has 0 aromatic heterocycles. The summed E-state index contributed by atoms with van der Waals surface area (Å²) < 4.78 is 5.87. The minimum absolute atomic E-state index is 0.109. The molecule has 0 saturated heterocycles. The van der Waals surface area contributed by atoms with E-state index < -0.39 is 6.04 Å². The van der Waals surface area contributed by atoms with Crippen molar-refractivity contribution in [3.05, 3.63) is 64.7 Å². The molecule has 0 radical (unpaired) electrons. The van der Waals surface area contributed by atoms with Crippen LogP contribution in [0.1, 0.15) is 42.5 Å². The first kappa shape index (κ1) is 22.5. The van der Waals surface area contributed by atoms with Gasteiger partial charge in [0.1, 0.15) is 11.8 Å². The third-order valence-corrected chi connectivity index (χ3v) is 5.03. The lowest BCUT2D eigenvalue weighted by molar-refractivity contribution is -0.142. The largest absolute Gasteiger partial charge is 0.483 e. The number of amides is 2. The molecule has 2 amide bonds. The number of benzene rings is 2. The summed E-state index contributed by atoms with van der Waals surface area (Å²) in [5.74, 6) is 0.337. The molecule has 2 rings (SSSR count). The van der Waals surface area contributed by atoms with E-state index in [0.717, 1.165) is 28.7 Å². The maximum absolute atomic E-state index is 13.0. The van der Waals surface area contributed by atoms with E-state index in [-0.39, 0.29) is 18.4 Å². The molecule has 0 bridgehead atoms. The second-order valence-electron chi connectivity index (χ2n) is 7.47. The van der Waals surface area contributed by atoms with Gasteiger partial charge >= 0.3 is 0 Å². The van der Waals surface area contributed by atoms with Crippen LogP contribution in [0.5, 0.6) is 5.75 Å². The Labute approximate surface area is 174 Å². The van der Waals surface area contributed by atoms with Gasteiger partial charge in [-0.1, -0.05) is 43.3 Å². The van der Waals surface area contributed by atoms with Crippen molar-refractivity contribution in [3.8, 4) is 5.75 Å². The Morgan fingerprint density at radius 2 is 1.79 bits per heavy atom. The molecule has 0 aliphatic carbocycles. The highest BCUT2D eigenvalue weighted by Crippen LogP contribution is 2.23. The first-order chi connectivity index (χ1) is 13.8. The van der Waals surface area contributed by atoms with Gasteiger partial charge in [-0.05, 0) is 62.4 Å². The molecule has 5 heteroatoms. The summed E-state index contributed by atoms with van der Waals surface area (Å²) in [6, 6.07) is 13.1. The lowest BCUT2D eigenvalue weighted by atomic mass is 10.1. The van der Waals surface area contributed by atoms with E-state index in [1.165, 1.54) is 0 Å². The fraction of sp³-hybridized carbons (Fsp3) is 0.417. The zero-order valence-corrected chi connectivity index (χ0v) is 18.1. The molecule has 1 atom stereocenters. The number of aryl methyl sites for hydroxylation is 2. The van der Waals surface area contributed by atoms with E-state index in [1.807, 2.05) is 64.1 Å². The lowest BCUT2D eigenvalue weighted by Gasteiger charge is -2.29. The predicted molar refractivity (Wildman–Crippen MR) is 116 cm³/mol. The highest BCUT2D eigenvalue weighted by atomic mass is 16.5. The minimum atomic E-state index is -0.585. The van der Waals surface area contributed by atoms with Gasteiger partial charge in [0.2, 0.25) is 5.91 Å². The van der Waals surface area contributed by atoms with E-state index in [4.69, 9.17) is 4.74 Å². The van der Waals surface area contributed by atoms with Crippen LogP contribution in [-0.2, 0) is 16.1 Å². The smallest absolute Gasteiger partial charge is 0.261 e. The number of nitrogens with one attached hydrogen (secondary N) is 1. The maximum atomic E-state index is 13.0. The van der Waals surface area contributed by atoms with Gasteiger partial charge in [0.05, 0.1) is 0 Å². The maximum Gasteiger partial charge on any atom is 0.261 e. The Kier molecular flexibility index (Phi) is 8.25. The monoisotopic (exact) mass is 396 g/mol. The Balaban J connectivity index is 2.16. The average Bonchev–Trinajstić information content (AvgIpc) is 2.71. The normalized spacial score (nSPS) is 11.6. The summed E-state index contributed by atoms with van der Waals surface area (Å²) in [4.78, 5) is 27.1. The van der Waals surface area contributed by atoms with Crippen LogP contribution in [0, 0.1) is 20.8 Å². The molecule has 0 aliphatic heterocycles. The molecular weight excluding hydrogens is 364 g/mol. The van der Waals surface area contributed by atoms with Gasteiger partial charge in [-0.15, -0.1) is 0 Å². The van der Waals surface area contributed by atoms with E-state index >= 15 is 0 Å². The fourth-order valence-corrected chi connectivity index (χ4v) is 3.13. The topological polar surface area (TPSA) is 58.6 Å². The van der Waals surface area contributed by atoms with Gasteiger partial charge < -0.3 is 15.0 Å². The molecular formula is C24H32N2O3. The first-order valence-electron chi connectivity index (χ1n) is 10.1. The van der Waals surface area contributed by atoms with Crippen molar-refractivity contribution in [1.29, 1.82) is 0 Å². The third kappa shape index (κ3) is 6.34. The Hall–Kier alpha value is -2.82. The zero-order chi connectivity index (χ0) is 21.4. The van der Waals surface area contributed by atoms with Gasteiger partial charge in [-0.3, -0.25) is 9.59 Å². The second kappa shape index (κ2) is 10.6. The molecule has 0 spiro atoms. The number of carbonyl (C=O) groups excluding carboxylic acids is 2. The average molecular weight is 397 g/mol. The number of ether oxygens (including phenoxy) is 1. The lowest BCUT2D eigenvalue weighted by Crippen LogP contribution is -2.49. The van der Waals surface area contributed by atoms with Crippen LogP contribution in [-0.4, -0.2) is 35.9 Å². The number of nitrogens with zero attached hydrogens (tertiary/aromatic N) is 1. The summed E-state index contributed by atoms with van der Waals surface area (Å²) in [6.45, 7) is 10.6. The zero-order valence-electron chi connectivity index (χ0n) is 18.1. The van der Waals surface area contributed by atoms with E-state index in [2.05, 4.69) is 11.4 Å². The molecule has 0 fully saturated rings. The molecule has 29 heavy (non-hydrogen) atoms. The highest BCUT2D eigenvalue weighted by Gasteiger charge is 2.26. The van der Waals surface area contributed by atoms with Crippen LogP contribution >= 0.6 is 0 Å². The van der Waals surface area contributed by atoms with Crippen LogP contribution in [0.3, 0.4) is 0 Å². The quantitative estimate of drug-likeness (QED) is 0.699. The molecule has 2 aromatic carbocycles. The van der Waals surface area contributed by atoms with Crippen molar-refractivity contribution in [1.82, 2.24) is 10.2 Å². The Morgan fingerprint density at radius 3 is 2.45 bits per heavy atom. The standard InChI is InChI=1S/C24H32N2O3/c1-6-12-25-24(28)20(5)26(15-21-10-8-7-9-11-21)23(27)16-29-22-14-17(2)13-18(3)19(22)4/h7-11,13-14,20H,6,12,15-16H2,1-5H3,(H,25,28)/t20-/m0/s1. The van der Waals surface area contributed by atoms with Crippen molar-refractivity contribution in [2.45, 2.75) is 53.6 Å². The molecule has 5 nitrogen and oxygen atoms in total. The molecule has 0 saturated carbocycles. The summed E-state index contributed by atoms with van der Waals surface area (Å²) in [5, 5.41) is 2.88. The molecule has 156 valence electrons. The van der Waals surface area contributed by atoms with Gasteiger partial charge in [0.25, 0.3) is 5.91 Å². The van der Waals surface area contributed by atoms with Gasteiger partial charge in [0, 0.05) is 13.1 Å². The van der Waals surface area contributed by atoms with Crippen molar-refractivity contribution in [2.24, 2.45) is 0 Å². The fourth-order valence-electron chi connectivity index (χ4n) is 3.13. The van der Waals surface area contributed by atoms with E-state index in [1.54, 1.807) is 11.8 Å². The molecule has 2 aromatic rings. The molecule has 1 N–H and O–H groups in total. The highest BCUT2D eigenvalue weighted by molar-refractivity contribution is 5.88. The van der Waals surface area contributed by atoms with Crippen molar-refractivity contribution >= 4 is 11.8 Å². The van der Waals surface area contributed by atoms with Crippen LogP contribution in [0.4, 0.5) is 0 Å². The summed E-state index contributed by atoms with van der Waals surface area (Å²) in [5.41, 5.74) is 4.20. The summed E-state index contributed by atoms with van der Waals surface area (Å²) >= 11 is 0. The van der Waals surface area contributed by atoms with Crippen molar-refractivity contribution in [2.75, 3.05) is 13.2 Å². The first-order valence-corrected chi connectivity index (χ1v) is 10.1. The van der Waals surface area contributed by atoms with E-state index in [9.17, 15) is 9.59 Å². The third-order valence-electron chi connectivity index (χ3n) is 5.03. The molecule has 0 aliphatic rings. The van der Waals surface area contributed by atoms with Gasteiger partial charge in [-0.25, -0.2) is 0 Å². The minimum Gasteiger partial charge on any atom is -0.483 e. The van der Waals surface area contributed by atoms with Gasteiger partial charge in [0.15, 0.2) is 6.61 Å². The van der Waals surface area contributed by atoms with Crippen molar-refractivity contribution < 1.29 is 14.3 Å². The van der Waals surface area contributed by atoms with Crippen LogP contribution < -0.4 is 10.1 Å². The number of hydrogen-bond acceptors (Lipinski definition) is 3. The van der Waals surface area contributed by atoms with Crippen LogP contribution in [0.25, 0.3) is 0 Å². The van der Waals surface area contributed by atoms with Crippen LogP contribution in [0.2, 0.25) is 0 Å². The van der Waals surface area contributed by atoms with Gasteiger partial charge in [-0.2, -0.15) is 0 Å². The Morgan fingerprint density at radius 1 is 1.10 bits per heavy atom. The van der Waals surface area contributed by atoms with E-state index in [0.29, 0.717) is 18.8 Å².